The van der Waals surface area contributed by atoms with E-state index in [0.29, 0.717) is 26.1 Å². The third kappa shape index (κ3) is 6.69. The van der Waals surface area contributed by atoms with Crippen molar-refractivity contribution in [3.8, 4) is 0 Å². The number of methoxy groups -OCH3 is 1. The second-order valence-corrected chi connectivity index (χ2v) is 10.9. The zero-order valence-corrected chi connectivity index (χ0v) is 22.5. The van der Waals surface area contributed by atoms with Crippen molar-refractivity contribution >= 4 is 0 Å². The molecule has 4 fully saturated rings. The molecule has 14 atom stereocenters. The number of aliphatic hydroxyl groups is 5. The molecule has 1 aliphatic carbocycles. The van der Waals surface area contributed by atoms with Crippen LogP contribution in [0.3, 0.4) is 0 Å². The van der Waals surface area contributed by atoms with E-state index in [1.807, 2.05) is 0 Å². The molecule has 1 saturated carbocycles. The van der Waals surface area contributed by atoms with E-state index in [-0.39, 0.29) is 12.0 Å². The Balaban J connectivity index is 1.53. The van der Waals surface area contributed by atoms with Crippen molar-refractivity contribution in [3.05, 3.63) is 0 Å². The lowest BCUT2D eigenvalue weighted by molar-refractivity contribution is -0.356. The van der Waals surface area contributed by atoms with E-state index >= 15 is 0 Å². The minimum absolute atomic E-state index is 0.0862. The standard InChI is InChI=1S/C26H46O12/c1-4-14-7-5-9-16(22(14)38-25-21(31)20(30)18(28)13(2)34-25)36-26-24-23(19(29)17(11-27)37-26)35-15(12-32-3)8-6-10-33-24/h13-31H,4-12H2,1-3H3/t13?,14?,15-,16-,17?,18-,19+,20?,21+,22-,23?,24?,25+,26-/m1/s1. The summed E-state index contributed by atoms with van der Waals surface area (Å²) in [7, 11) is 1.60. The van der Waals surface area contributed by atoms with Gasteiger partial charge in [0, 0.05) is 13.7 Å². The second kappa shape index (κ2) is 13.9. The van der Waals surface area contributed by atoms with E-state index < -0.39 is 80.2 Å². The van der Waals surface area contributed by atoms with Gasteiger partial charge >= 0.3 is 0 Å². The van der Waals surface area contributed by atoms with Gasteiger partial charge in [0.1, 0.15) is 42.7 Å². The summed E-state index contributed by atoms with van der Waals surface area (Å²) >= 11 is 0. The van der Waals surface area contributed by atoms with Crippen molar-refractivity contribution in [2.24, 2.45) is 5.92 Å². The van der Waals surface area contributed by atoms with Crippen LogP contribution >= 0.6 is 0 Å². The van der Waals surface area contributed by atoms with Crippen LogP contribution in [0.1, 0.15) is 52.4 Å². The minimum atomic E-state index is -1.43. The minimum Gasteiger partial charge on any atom is -0.394 e. The van der Waals surface area contributed by atoms with Gasteiger partial charge in [-0.15, -0.1) is 0 Å². The first kappa shape index (κ1) is 30.5. The highest BCUT2D eigenvalue weighted by atomic mass is 16.7. The van der Waals surface area contributed by atoms with Crippen LogP contribution in [0, 0.1) is 5.92 Å². The average Bonchev–Trinajstić information content (AvgIpc) is 2.90. The maximum absolute atomic E-state index is 10.9. The van der Waals surface area contributed by atoms with Crippen LogP contribution in [0.4, 0.5) is 0 Å². The highest BCUT2D eigenvalue weighted by molar-refractivity contribution is 4.95. The fourth-order valence-corrected chi connectivity index (χ4v) is 6.06. The largest absolute Gasteiger partial charge is 0.394 e. The van der Waals surface area contributed by atoms with Gasteiger partial charge in [-0.05, 0) is 38.5 Å². The van der Waals surface area contributed by atoms with Crippen molar-refractivity contribution in [1.29, 1.82) is 0 Å². The summed E-state index contributed by atoms with van der Waals surface area (Å²) in [6.45, 7) is 4.03. The summed E-state index contributed by atoms with van der Waals surface area (Å²) in [6.07, 6.45) is -7.03. The van der Waals surface area contributed by atoms with Crippen LogP contribution in [-0.2, 0) is 33.2 Å². The molecule has 4 aliphatic rings. The van der Waals surface area contributed by atoms with Gasteiger partial charge < -0.3 is 58.7 Å². The number of ether oxygens (including phenoxy) is 7. The van der Waals surface area contributed by atoms with E-state index in [9.17, 15) is 25.5 Å². The molecule has 3 saturated heterocycles. The summed E-state index contributed by atoms with van der Waals surface area (Å²) in [5.74, 6) is 0.0862. The van der Waals surface area contributed by atoms with Crippen molar-refractivity contribution in [1.82, 2.24) is 0 Å². The van der Waals surface area contributed by atoms with Crippen molar-refractivity contribution in [3.63, 3.8) is 0 Å². The molecular formula is C26H46O12. The summed E-state index contributed by atoms with van der Waals surface area (Å²) in [5, 5.41) is 51.8. The molecule has 0 radical (unpaired) electrons. The van der Waals surface area contributed by atoms with Gasteiger partial charge in [0.2, 0.25) is 0 Å². The number of hydrogen-bond donors (Lipinski definition) is 5. The Hall–Kier alpha value is -0.480. The summed E-state index contributed by atoms with van der Waals surface area (Å²) in [5.41, 5.74) is 0. The Labute approximate surface area is 224 Å². The Kier molecular flexibility index (Phi) is 11.2. The number of rotatable bonds is 8. The van der Waals surface area contributed by atoms with E-state index in [1.54, 1.807) is 14.0 Å². The molecule has 222 valence electrons. The normalized spacial score (nSPS) is 48.6. The predicted octanol–water partition coefficient (Wildman–Crippen LogP) is -0.548. The van der Waals surface area contributed by atoms with Crippen molar-refractivity contribution in [2.45, 2.75) is 132 Å². The molecule has 3 aliphatic heterocycles. The lowest BCUT2D eigenvalue weighted by Gasteiger charge is -2.48. The maximum atomic E-state index is 10.9. The van der Waals surface area contributed by atoms with Crippen LogP contribution in [0.2, 0.25) is 0 Å². The molecule has 38 heavy (non-hydrogen) atoms. The van der Waals surface area contributed by atoms with Crippen molar-refractivity contribution < 1.29 is 58.7 Å². The molecule has 0 bridgehead atoms. The van der Waals surface area contributed by atoms with Gasteiger partial charge in [-0.25, -0.2) is 0 Å². The Morgan fingerprint density at radius 1 is 0.816 bits per heavy atom. The molecule has 0 aromatic rings. The molecule has 0 aromatic heterocycles. The van der Waals surface area contributed by atoms with Crippen LogP contribution in [0.25, 0.3) is 0 Å². The molecule has 12 heteroatoms. The van der Waals surface area contributed by atoms with Gasteiger partial charge in [0.05, 0.1) is 37.6 Å². The third-order valence-electron chi connectivity index (χ3n) is 8.31. The molecule has 0 aromatic carbocycles. The lowest BCUT2D eigenvalue weighted by Crippen LogP contribution is -2.63. The number of aliphatic hydroxyl groups excluding tert-OH is 5. The van der Waals surface area contributed by atoms with Gasteiger partial charge in [-0.2, -0.15) is 0 Å². The first-order valence-electron chi connectivity index (χ1n) is 14.0. The van der Waals surface area contributed by atoms with Crippen LogP contribution in [0.15, 0.2) is 0 Å². The highest BCUT2D eigenvalue weighted by Gasteiger charge is 2.51. The molecule has 4 rings (SSSR count). The number of fused-ring (bicyclic) bond motifs is 1. The molecular weight excluding hydrogens is 504 g/mol. The average molecular weight is 551 g/mol. The maximum Gasteiger partial charge on any atom is 0.187 e. The van der Waals surface area contributed by atoms with Gasteiger partial charge in [0.25, 0.3) is 0 Å². The van der Waals surface area contributed by atoms with E-state index in [0.717, 1.165) is 25.7 Å². The quantitative estimate of drug-likeness (QED) is 0.262. The first-order chi connectivity index (χ1) is 18.3. The summed E-state index contributed by atoms with van der Waals surface area (Å²) in [6, 6.07) is 0. The Morgan fingerprint density at radius 3 is 2.32 bits per heavy atom. The van der Waals surface area contributed by atoms with Gasteiger partial charge in [0.15, 0.2) is 12.6 Å². The van der Waals surface area contributed by atoms with Gasteiger partial charge in [-0.1, -0.05) is 19.8 Å². The van der Waals surface area contributed by atoms with Crippen LogP contribution in [-0.4, -0.2) is 132 Å². The zero-order chi connectivity index (χ0) is 27.4. The first-order valence-corrected chi connectivity index (χ1v) is 14.0. The fraction of sp³-hybridized carbons (Fsp3) is 1.00. The number of hydrogen-bond acceptors (Lipinski definition) is 12. The van der Waals surface area contributed by atoms with Crippen molar-refractivity contribution in [2.75, 3.05) is 26.9 Å². The lowest BCUT2D eigenvalue weighted by atomic mass is 9.82. The molecule has 6 unspecified atom stereocenters. The molecule has 0 spiro atoms. The van der Waals surface area contributed by atoms with Crippen LogP contribution in [0.5, 0.6) is 0 Å². The molecule has 3 heterocycles. The molecule has 5 N–H and O–H groups in total. The van der Waals surface area contributed by atoms with E-state index in [4.69, 9.17) is 33.2 Å². The summed E-state index contributed by atoms with van der Waals surface area (Å²) < 4.78 is 42.2. The van der Waals surface area contributed by atoms with Gasteiger partial charge in [-0.3, -0.25) is 0 Å². The smallest absolute Gasteiger partial charge is 0.187 e. The zero-order valence-electron chi connectivity index (χ0n) is 22.5. The van der Waals surface area contributed by atoms with Crippen LogP contribution < -0.4 is 0 Å². The SMILES string of the molecule is CCC1CCC[C@@H](O[C@@H]2OC(CO)[C@H](O)C3O[C@@H](COC)CCCOC32)[C@@H]1O[C@@H]1OC(C)[C@@H](O)C(O)[C@@H]1O. The predicted molar refractivity (Wildman–Crippen MR) is 131 cm³/mol. The highest BCUT2D eigenvalue weighted by Crippen LogP contribution is 2.37. The third-order valence-corrected chi connectivity index (χ3v) is 8.31. The summed E-state index contributed by atoms with van der Waals surface area (Å²) in [4.78, 5) is 0. The molecule has 12 nitrogen and oxygen atoms in total. The Bertz CT molecular complexity index is 714. The Morgan fingerprint density at radius 2 is 1.61 bits per heavy atom. The topological polar surface area (TPSA) is 166 Å². The van der Waals surface area contributed by atoms with E-state index in [1.165, 1.54) is 0 Å². The van der Waals surface area contributed by atoms with E-state index in [2.05, 4.69) is 6.92 Å². The second-order valence-electron chi connectivity index (χ2n) is 10.9. The fourth-order valence-electron chi connectivity index (χ4n) is 6.06. The monoisotopic (exact) mass is 550 g/mol. The molecule has 0 amide bonds.